The lowest BCUT2D eigenvalue weighted by atomic mass is 10.2. The maximum Gasteiger partial charge on any atom is 0.258 e. The van der Waals surface area contributed by atoms with Crippen LogP contribution in [0.15, 0.2) is 35.1 Å². The number of hydrogen-bond acceptors (Lipinski definition) is 4. The number of hydrogen-bond donors (Lipinski definition) is 2. The van der Waals surface area contributed by atoms with Crippen molar-refractivity contribution < 1.29 is 4.79 Å². The van der Waals surface area contributed by atoms with Crippen molar-refractivity contribution in [2.45, 2.75) is 20.3 Å². The summed E-state index contributed by atoms with van der Waals surface area (Å²) in [6.45, 7) is 4.84. The van der Waals surface area contributed by atoms with E-state index < -0.39 is 0 Å². The minimum absolute atomic E-state index is 0.220. The molecular formula is C15H17BrN4O. The highest BCUT2D eigenvalue weighted by atomic mass is 79.9. The van der Waals surface area contributed by atoms with Crippen molar-refractivity contribution >= 4 is 33.5 Å². The predicted molar refractivity (Wildman–Crippen MR) is 87.6 cm³/mol. The first kappa shape index (κ1) is 15.4. The second-order valence-electron chi connectivity index (χ2n) is 4.63. The van der Waals surface area contributed by atoms with E-state index in [2.05, 4.69) is 43.5 Å². The van der Waals surface area contributed by atoms with E-state index in [1.807, 2.05) is 13.0 Å². The van der Waals surface area contributed by atoms with Gasteiger partial charge in [0.2, 0.25) is 0 Å². The number of carbonyl (C=O) groups is 1. The van der Waals surface area contributed by atoms with Crippen LogP contribution in [-0.2, 0) is 0 Å². The van der Waals surface area contributed by atoms with E-state index in [-0.39, 0.29) is 5.91 Å². The lowest BCUT2D eigenvalue weighted by Crippen LogP contribution is -2.14. The number of rotatable bonds is 5. The van der Waals surface area contributed by atoms with Crippen molar-refractivity contribution in [1.29, 1.82) is 0 Å². The molecule has 0 bridgehead atoms. The van der Waals surface area contributed by atoms with E-state index in [9.17, 15) is 4.79 Å². The summed E-state index contributed by atoms with van der Waals surface area (Å²) in [5.74, 6) is 1.10. The van der Waals surface area contributed by atoms with Gasteiger partial charge in [-0.3, -0.25) is 4.79 Å². The average molecular weight is 349 g/mol. The highest BCUT2D eigenvalue weighted by molar-refractivity contribution is 9.10. The molecule has 2 rings (SSSR count). The van der Waals surface area contributed by atoms with Crippen LogP contribution in [0.1, 0.15) is 29.3 Å². The van der Waals surface area contributed by atoms with Gasteiger partial charge in [0, 0.05) is 23.4 Å². The third kappa shape index (κ3) is 4.26. The summed E-state index contributed by atoms with van der Waals surface area (Å²) in [5, 5.41) is 5.95. The summed E-state index contributed by atoms with van der Waals surface area (Å²) in [6, 6.07) is 5.44. The Balaban J connectivity index is 2.06. The van der Waals surface area contributed by atoms with Gasteiger partial charge in [-0.2, -0.15) is 0 Å². The first-order chi connectivity index (χ1) is 10.1. The highest BCUT2D eigenvalue weighted by Crippen LogP contribution is 2.17. The van der Waals surface area contributed by atoms with Crippen LogP contribution in [0.3, 0.4) is 0 Å². The van der Waals surface area contributed by atoms with Gasteiger partial charge in [0.15, 0.2) is 0 Å². The van der Waals surface area contributed by atoms with Crippen molar-refractivity contribution in [3.63, 3.8) is 0 Å². The summed E-state index contributed by atoms with van der Waals surface area (Å²) in [7, 11) is 0. The number of aryl methyl sites for hydroxylation is 1. The molecule has 0 aliphatic heterocycles. The molecule has 0 radical (unpaired) electrons. The van der Waals surface area contributed by atoms with E-state index in [0.717, 1.165) is 28.8 Å². The second-order valence-corrected chi connectivity index (χ2v) is 5.55. The fourth-order valence-corrected chi connectivity index (χ4v) is 2.18. The summed E-state index contributed by atoms with van der Waals surface area (Å²) >= 11 is 3.34. The summed E-state index contributed by atoms with van der Waals surface area (Å²) in [4.78, 5) is 20.6. The van der Waals surface area contributed by atoms with Crippen LogP contribution < -0.4 is 10.6 Å². The monoisotopic (exact) mass is 348 g/mol. The molecule has 2 aromatic rings. The molecule has 0 spiro atoms. The molecule has 1 amide bonds. The Labute approximate surface area is 132 Å². The van der Waals surface area contributed by atoms with Gasteiger partial charge < -0.3 is 10.6 Å². The number of anilines is 2. The molecule has 2 heterocycles. The molecule has 21 heavy (non-hydrogen) atoms. The smallest absolute Gasteiger partial charge is 0.258 e. The van der Waals surface area contributed by atoms with Crippen LogP contribution in [-0.4, -0.2) is 22.4 Å². The molecule has 0 saturated heterocycles. The molecule has 2 N–H and O–H groups in total. The van der Waals surface area contributed by atoms with Crippen molar-refractivity contribution in [2.24, 2.45) is 0 Å². The van der Waals surface area contributed by atoms with E-state index in [1.165, 1.54) is 0 Å². The zero-order valence-electron chi connectivity index (χ0n) is 12.0. The Morgan fingerprint density at radius 1 is 1.29 bits per heavy atom. The van der Waals surface area contributed by atoms with Gasteiger partial charge in [-0.1, -0.05) is 6.92 Å². The average Bonchev–Trinajstić information content (AvgIpc) is 2.48. The van der Waals surface area contributed by atoms with E-state index >= 15 is 0 Å². The molecular weight excluding hydrogens is 332 g/mol. The van der Waals surface area contributed by atoms with Gasteiger partial charge in [-0.15, -0.1) is 0 Å². The molecule has 2 aromatic heterocycles. The van der Waals surface area contributed by atoms with Crippen molar-refractivity contribution in [3.8, 4) is 0 Å². The van der Waals surface area contributed by atoms with Gasteiger partial charge >= 0.3 is 0 Å². The summed E-state index contributed by atoms with van der Waals surface area (Å²) in [5.41, 5.74) is 1.40. The minimum Gasteiger partial charge on any atom is -0.370 e. The molecule has 110 valence electrons. The van der Waals surface area contributed by atoms with Gasteiger partial charge in [-0.05, 0) is 53.0 Å². The van der Waals surface area contributed by atoms with Crippen molar-refractivity contribution in [1.82, 2.24) is 9.97 Å². The molecule has 0 aromatic carbocycles. The first-order valence-corrected chi connectivity index (χ1v) is 7.53. The van der Waals surface area contributed by atoms with Crippen LogP contribution >= 0.6 is 15.9 Å². The molecule has 0 aliphatic carbocycles. The number of halogens is 1. The zero-order chi connectivity index (χ0) is 15.2. The number of nitrogens with one attached hydrogen (secondary N) is 2. The van der Waals surface area contributed by atoms with Gasteiger partial charge in [0.25, 0.3) is 5.91 Å². The summed E-state index contributed by atoms with van der Waals surface area (Å²) in [6.07, 6.45) is 4.23. The largest absolute Gasteiger partial charge is 0.370 e. The number of amides is 1. The second kappa shape index (κ2) is 7.17. The molecule has 0 aliphatic rings. The normalized spacial score (nSPS) is 10.2. The third-order valence-electron chi connectivity index (χ3n) is 2.86. The Morgan fingerprint density at radius 2 is 2.10 bits per heavy atom. The van der Waals surface area contributed by atoms with Crippen LogP contribution in [0.25, 0.3) is 0 Å². The molecule has 0 unspecified atom stereocenters. The minimum atomic E-state index is -0.220. The molecule has 0 atom stereocenters. The van der Waals surface area contributed by atoms with E-state index in [1.54, 1.807) is 24.5 Å². The lowest BCUT2D eigenvalue weighted by Gasteiger charge is -2.08. The maximum atomic E-state index is 12.2. The van der Waals surface area contributed by atoms with Crippen LogP contribution in [0.2, 0.25) is 0 Å². The fourth-order valence-electron chi connectivity index (χ4n) is 1.74. The quantitative estimate of drug-likeness (QED) is 0.865. The van der Waals surface area contributed by atoms with Gasteiger partial charge in [0.05, 0.1) is 5.56 Å². The third-order valence-corrected chi connectivity index (χ3v) is 3.29. The van der Waals surface area contributed by atoms with Crippen molar-refractivity contribution in [2.75, 3.05) is 17.2 Å². The van der Waals surface area contributed by atoms with Crippen LogP contribution in [0, 0.1) is 6.92 Å². The SMILES string of the molecule is CCCNc1ccc(C(=O)Nc2ncc(Br)cc2C)cn1. The van der Waals surface area contributed by atoms with Crippen molar-refractivity contribution in [3.05, 3.63) is 46.2 Å². The standard InChI is InChI=1S/C15H17BrN4O/c1-3-6-17-13-5-4-11(8-18-13)15(21)20-14-10(2)7-12(16)9-19-14/h4-5,7-9H,3,6H2,1-2H3,(H,17,18)(H,19,20,21). The van der Waals surface area contributed by atoms with Gasteiger partial charge in [0.1, 0.15) is 11.6 Å². The maximum absolute atomic E-state index is 12.2. The number of aromatic nitrogens is 2. The fraction of sp³-hybridized carbons (Fsp3) is 0.267. The van der Waals surface area contributed by atoms with E-state index in [4.69, 9.17) is 0 Å². The van der Waals surface area contributed by atoms with Gasteiger partial charge in [-0.25, -0.2) is 9.97 Å². The number of carbonyl (C=O) groups excluding carboxylic acids is 1. The Kier molecular flexibility index (Phi) is 5.27. The number of pyridine rings is 2. The summed E-state index contributed by atoms with van der Waals surface area (Å²) < 4.78 is 0.881. The molecule has 0 saturated carbocycles. The molecule has 5 nitrogen and oxygen atoms in total. The molecule has 0 fully saturated rings. The van der Waals surface area contributed by atoms with Crippen LogP contribution in [0.5, 0.6) is 0 Å². The Hall–Kier alpha value is -1.95. The Morgan fingerprint density at radius 3 is 2.71 bits per heavy atom. The lowest BCUT2D eigenvalue weighted by molar-refractivity contribution is 0.102. The first-order valence-electron chi connectivity index (χ1n) is 6.73. The predicted octanol–water partition coefficient (Wildman–Crippen LogP) is 3.62. The Bertz CT molecular complexity index is 628. The van der Waals surface area contributed by atoms with E-state index in [0.29, 0.717) is 11.4 Å². The zero-order valence-corrected chi connectivity index (χ0v) is 13.6. The number of nitrogens with zero attached hydrogens (tertiary/aromatic N) is 2. The molecule has 6 heteroatoms. The highest BCUT2D eigenvalue weighted by Gasteiger charge is 2.09. The topological polar surface area (TPSA) is 66.9 Å². The van der Waals surface area contributed by atoms with Crippen LogP contribution in [0.4, 0.5) is 11.6 Å².